The lowest BCUT2D eigenvalue weighted by Gasteiger charge is -2.46. The predicted octanol–water partition coefficient (Wildman–Crippen LogP) is 2.79. The van der Waals surface area contributed by atoms with Crippen LogP contribution in [0.5, 0.6) is 5.75 Å². The van der Waals surface area contributed by atoms with Crippen LogP contribution >= 0.6 is 0 Å². The van der Waals surface area contributed by atoms with Crippen LogP contribution in [-0.4, -0.2) is 17.3 Å². The lowest BCUT2D eigenvalue weighted by atomic mass is 9.72. The van der Waals surface area contributed by atoms with Gasteiger partial charge in [0.05, 0.1) is 6.61 Å². The quantitative estimate of drug-likeness (QED) is 0.788. The van der Waals surface area contributed by atoms with Crippen molar-refractivity contribution in [2.75, 3.05) is 6.61 Å². The summed E-state index contributed by atoms with van der Waals surface area (Å²) in [5.41, 5.74) is 0.743. The molecule has 1 atom stereocenters. The molecular formula is C14H20O2. The molecule has 1 N–H and O–H groups in total. The lowest BCUT2D eigenvalue weighted by Crippen LogP contribution is -2.53. The second kappa shape index (κ2) is 3.77. The number of hydrogen-bond acceptors (Lipinski definition) is 2. The highest BCUT2D eigenvalue weighted by molar-refractivity contribution is 5.36. The van der Waals surface area contributed by atoms with Gasteiger partial charge in [-0.25, -0.2) is 0 Å². The van der Waals surface area contributed by atoms with Crippen molar-refractivity contribution in [3.63, 3.8) is 0 Å². The maximum Gasteiger partial charge on any atom is 0.137 e. The fourth-order valence-corrected chi connectivity index (χ4v) is 2.28. The Hall–Kier alpha value is -1.02. The van der Waals surface area contributed by atoms with Crippen LogP contribution in [0, 0.1) is 5.41 Å². The predicted molar refractivity (Wildman–Crippen MR) is 64.7 cm³/mol. The zero-order valence-corrected chi connectivity index (χ0v) is 10.3. The van der Waals surface area contributed by atoms with Crippen LogP contribution in [0.25, 0.3) is 0 Å². The third-order valence-corrected chi connectivity index (χ3v) is 3.70. The summed E-state index contributed by atoms with van der Waals surface area (Å²) in [5, 5.41) is 9.68. The van der Waals surface area contributed by atoms with Gasteiger partial charge in [-0.15, -0.1) is 0 Å². The van der Waals surface area contributed by atoms with E-state index in [0.717, 1.165) is 18.6 Å². The van der Waals surface area contributed by atoms with Gasteiger partial charge in [0.2, 0.25) is 0 Å². The second-order valence-electron chi connectivity index (χ2n) is 5.61. The number of hydrogen-bond donors (Lipinski definition) is 1. The highest BCUT2D eigenvalue weighted by Gasteiger charge is 2.45. The smallest absolute Gasteiger partial charge is 0.137 e. The molecule has 16 heavy (non-hydrogen) atoms. The first-order chi connectivity index (χ1) is 7.48. The lowest BCUT2D eigenvalue weighted by molar-refractivity contribution is -0.0861. The van der Waals surface area contributed by atoms with Crippen LogP contribution in [0.2, 0.25) is 0 Å². The van der Waals surface area contributed by atoms with Gasteiger partial charge in [0.15, 0.2) is 0 Å². The van der Waals surface area contributed by atoms with E-state index in [1.165, 1.54) is 5.56 Å². The number of aliphatic hydroxyl groups is 1. The number of benzene rings is 1. The molecule has 1 aliphatic heterocycles. The van der Waals surface area contributed by atoms with Gasteiger partial charge in [-0.3, -0.25) is 0 Å². The minimum Gasteiger partial charge on any atom is -0.484 e. The molecule has 1 unspecified atom stereocenters. The number of para-hydroxylation sites is 1. The molecular weight excluding hydrogens is 200 g/mol. The molecule has 2 nitrogen and oxygen atoms in total. The molecule has 88 valence electrons. The Bertz CT molecular complexity index is 379. The summed E-state index contributed by atoms with van der Waals surface area (Å²) in [4.78, 5) is 0. The van der Waals surface area contributed by atoms with E-state index >= 15 is 0 Å². The van der Waals surface area contributed by atoms with Crippen LogP contribution in [0.3, 0.4) is 0 Å². The molecule has 1 aromatic rings. The molecule has 0 amide bonds. The van der Waals surface area contributed by atoms with Crippen LogP contribution in [0.1, 0.15) is 32.8 Å². The van der Waals surface area contributed by atoms with Crippen LogP contribution < -0.4 is 4.74 Å². The Kier molecular flexibility index (Phi) is 2.70. The summed E-state index contributed by atoms with van der Waals surface area (Å²) in [5.74, 6) is 0.928. The number of aryl methyl sites for hydroxylation is 1. The van der Waals surface area contributed by atoms with Crippen molar-refractivity contribution in [3.8, 4) is 5.75 Å². The van der Waals surface area contributed by atoms with Gasteiger partial charge < -0.3 is 9.84 Å². The SMILES string of the molecule is CC(C)(C)C1(CO)CCc2ccccc2O1. The van der Waals surface area contributed by atoms with Crippen molar-refractivity contribution in [3.05, 3.63) is 29.8 Å². The van der Waals surface area contributed by atoms with Crippen molar-refractivity contribution < 1.29 is 9.84 Å². The summed E-state index contributed by atoms with van der Waals surface area (Å²) in [6.45, 7) is 6.44. The van der Waals surface area contributed by atoms with Crippen LogP contribution in [0.15, 0.2) is 24.3 Å². The van der Waals surface area contributed by atoms with E-state index in [-0.39, 0.29) is 12.0 Å². The van der Waals surface area contributed by atoms with E-state index < -0.39 is 5.60 Å². The van der Waals surface area contributed by atoms with E-state index in [2.05, 4.69) is 26.8 Å². The van der Waals surface area contributed by atoms with Gasteiger partial charge in [-0.2, -0.15) is 0 Å². The van der Waals surface area contributed by atoms with Crippen molar-refractivity contribution in [2.24, 2.45) is 5.41 Å². The molecule has 0 aromatic heterocycles. The highest BCUT2D eigenvalue weighted by Crippen LogP contribution is 2.42. The maximum absolute atomic E-state index is 9.68. The van der Waals surface area contributed by atoms with E-state index in [1.54, 1.807) is 0 Å². The van der Waals surface area contributed by atoms with Crippen LogP contribution in [0.4, 0.5) is 0 Å². The molecule has 0 saturated heterocycles. The Labute approximate surface area is 97.3 Å². The van der Waals surface area contributed by atoms with Crippen molar-refractivity contribution in [1.82, 2.24) is 0 Å². The molecule has 0 bridgehead atoms. The molecule has 0 spiro atoms. The van der Waals surface area contributed by atoms with Crippen LogP contribution in [-0.2, 0) is 6.42 Å². The zero-order valence-electron chi connectivity index (χ0n) is 10.3. The Balaban J connectivity index is 2.36. The standard InChI is InChI=1S/C14H20O2/c1-13(2,3)14(10-15)9-8-11-6-4-5-7-12(11)16-14/h4-7,15H,8-10H2,1-3H3. The average Bonchev–Trinajstić information content (AvgIpc) is 2.27. The Morgan fingerprint density at radius 3 is 2.62 bits per heavy atom. The molecule has 0 saturated carbocycles. The average molecular weight is 220 g/mol. The summed E-state index contributed by atoms with van der Waals surface area (Å²) in [6.07, 6.45) is 1.86. The van der Waals surface area contributed by atoms with Gasteiger partial charge in [0.1, 0.15) is 11.4 Å². The first kappa shape index (κ1) is 11.5. The Morgan fingerprint density at radius 2 is 2.00 bits per heavy atom. The fraction of sp³-hybridized carbons (Fsp3) is 0.571. The fourth-order valence-electron chi connectivity index (χ4n) is 2.28. The monoisotopic (exact) mass is 220 g/mol. The minimum atomic E-state index is -0.443. The first-order valence-corrected chi connectivity index (χ1v) is 5.86. The molecule has 1 aliphatic rings. The topological polar surface area (TPSA) is 29.5 Å². The summed E-state index contributed by atoms with van der Waals surface area (Å²) in [7, 11) is 0. The summed E-state index contributed by atoms with van der Waals surface area (Å²) < 4.78 is 6.08. The van der Waals surface area contributed by atoms with Gasteiger partial charge in [0.25, 0.3) is 0 Å². The highest BCUT2D eigenvalue weighted by atomic mass is 16.5. The van der Waals surface area contributed by atoms with Gasteiger partial charge in [-0.1, -0.05) is 39.0 Å². The molecule has 2 heteroatoms. The van der Waals surface area contributed by atoms with E-state index in [0.29, 0.717) is 0 Å². The number of fused-ring (bicyclic) bond motifs is 1. The molecule has 1 heterocycles. The van der Waals surface area contributed by atoms with Gasteiger partial charge in [0, 0.05) is 5.41 Å². The van der Waals surface area contributed by atoms with Crippen molar-refractivity contribution in [1.29, 1.82) is 0 Å². The van der Waals surface area contributed by atoms with E-state index in [4.69, 9.17) is 4.74 Å². The van der Waals surface area contributed by atoms with E-state index in [9.17, 15) is 5.11 Å². The summed E-state index contributed by atoms with van der Waals surface area (Å²) in [6, 6.07) is 8.10. The molecule has 2 rings (SSSR count). The van der Waals surface area contributed by atoms with Crippen molar-refractivity contribution >= 4 is 0 Å². The molecule has 0 radical (unpaired) electrons. The zero-order chi connectivity index (χ0) is 11.8. The summed E-state index contributed by atoms with van der Waals surface area (Å²) >= 11 is 0. The largest absolute Gasteiger partial charge is 0.484 e. The Morgan fingerprint density at radius 1 is 1.31 bits per heavy atom. The minimum absolute atomic E-state index is 0.0602. The molecule has 1 aromatic carbocycles. The maximum atomic E-state index is 9.68. The van der Waals surface area contributed by atoms with Crippen molar-refractivity contribution in [2.45, 2.75) is 39.2 Å². The number of rotatable bonds is 1. The normalized spacial score (nSPS) is 24.8. The number of aliphatic hydroxyl groups excluding tert-OH is 1. The molecule has 0 aliphatic carbocycles. The number of ether oxygens (including phenoxy) is 1. The van der Waals surface area contributed by atoms with Gasteiger partial charge >= 0.3 is 0 Å². The second-order valence-corrected chi connectivity index (χ2v) is 5.61. The third kappa shape index (κ3) is 1.71. The molecule has 0 fully saturated rings. The first-order valence-electron chi connectivity index (χ1n) is 5.86. The van der Waals surface area contributed by atoms with E-state index in [1.807, 2.05) is 18.2 Å². The van der Waals surface area contributed by atoms with Gasteiger partial charge in [-0.05, 0) is 24.5 Å². The third-order valence-electron chi connectivity index (χ3n) is 3.70.